The van der Waals surface area contributed by atoms with Gasteiger partial charge in [-0.3, -0.25) is 4.79 Å². The van der Waals surface area contributed by atoms with Gasteiger partial charge in [0, 0.05) is 13.1 Å². The number of carbonyl (C=O) groups excluding carboxylic acids is 1. The van der Waals surface area contributed by atoms with E-state index in [1.54, 1.807) is 6.07 Å². The normalized spacial score (nSPS) is 18.2. The summed E-state index contributed by atoms with van der Waals surface area (Å²) in [5.41, 5.74) is 1.96. The molecule has 1 saturated heterocycles. The van der Waals surface area contributed by atoms with Crippen molar-refractivity contribution in [1.29, 1.82) is 0 Å². The summed E-state index contributed by atoms with van der Waals surface area (Å²) in [6.07, 6.45) is 3.28. The van der Waals surface area contributed by atoms with E-state index in [2.05, 4.69) is 24.3 Å². The number of carbonyl (C=O) groups is 1. The third kappa shape index (κ3) is 3.50. The number of likely N-dealkylation sites (tertiary alicyclic amines) is 1. The standard InChI is InChI=1S/C19H20ClNO/c20-18-11-5-4-10-17(18)19(22)21-12-6-9-16(14-21)13-15-7-2-1-3-8-15/h1-5,7-8,10-11,16H,6,9,12-14H2. The van der Waals surface area contributed by atoms with E-state index in [-0.39, 0.29) is 5.91 Å². The molecule has 2 nitrogen and oxygen atoms in total. The van der Waals surface area contributed by atoms with Crippen LogP contribution in [0.2, 0.25) is 5.02 Å². The quantitative estimate of drug-likeness (QED) is 0.820. The number of amides is 1. The molecule has 1 aliphatic rings. The predicted molar refractivity (Wildman–Crippen MR) is 90.2 cm³/mol. The van der Waals surface area contributed by atoms with Crippen LogP contribution in [-0.4, -0.2) is 23.9 Å². The van der Waals surface area contributed by atoms with Crippen LogP contribution >= 0.6 is 11.6 Å². The smallest absolute Gasteiger partial charge is 0.255 e. The summed E-state index contributed by atoms with van der Waals surface area (Å²) in [5, 5.41) is 0.540. The molecule has 0 N–H and O–H groups in total. The lowest BCUT2D eigenvalue weighted by Crippen LogP contribution is -2.40. The highest BCUT2D eigenvalue weighted by atomic mass is 35.5. The fourth-order valence-corrected chi connectivity index (χ4v) is 3.39. The molecule has 1 amide bonds. The summed E-state index contributed by atoms with van der Waals surface area (Å²) in [6, 6.07) is 17.8. The van der Waals surface area contributed by atoms with Crippen molar-refractivity contribution in [2.24, 2.45) is 5.92 Å². The lowest BCUT2D eigenvalue weighted by molar-refractivity contribution is 0.0673. The van der Waals surface area contributed by atoms with Crippen molar-refractivity contribution >= 4 is 17.5 Å². The van der Waals surface area contributed by atoms with Gasteiger partial charge in [-0.25, -0.2) is 0 Å². The van der Waals surface area contributed by atoms with E-state index in [0.717, 1.165) is 25.9 Å². The van der Waals surface area contributed by atoms with Crippen LogP contribution in [0.15, 0.2) is 54.6 Å². The number of hydrogen-bond donors (Lipinski definition) is 0. The Bertz CT molecular complexity index is 641. The molecule has 0 bridgehead atoms. The van der Waals surface area contributed by atoms with Gasteiger partial charge in [0.05, 0.1) is 10.6 Å². The van der Waals surface area contributed by atoms with Crippen LogP contribution in [0.1, 0.15) is 28.8 Å². The van der Waals surface area contributed by atoms with Gasteiger partial charge in [-0.1, -0.05) is 54.1 Å². The van der Waals surface area contributed by atoms with Gasteiger partial charge in [0.25, 0.3) is 5.91 Å². The van der Waals surface area contributed by atoms with E-state index in [0.29, 0.717) is 16.5 Å². The number of piperidine rings is 1. The Balaban J connectivity index is 1.68. The summed E-state index contributed by atoms with van der Waals surface area (Å²) in [7, 11) is 0. The molecule has 0 aliphatic carbocycles. The molecular weight excluding hydrogens is 294 g/mol. The highest BCUT2D eigenvalue weighted by Crippen LogP contribution is 2.24. The minimum atomic E-state index is 0.0587. The lowest BCUT2D eigenvalue weighted by Gasteiger charge is -2.33. The monoisotopic (exact) mass is 313 g/mol. The molecule has 2 aromatic carbocycles. The zero-order valence-corrected chi connectivity index (χ0v) is 13.3. The van der Waals surface area contributed by atoms with Gasteiger partial charge in [0.15, 0.2) is 0 Å². The lowest BCUT2D eigenvalue weighted by atomic mass is 9.91. The van der Waals surface area contributed by atoms with E-state index in [1.165, 1.54) is 12.0 Å². The average Bonchev–Trinajstić information content (AvgIpc) is 2.56. The molecule has 22 heavy (non-hydrogen) atoms. The van der Waals surface area contributed by atoms with E-state index < -0.39 is 0 Å². The zero-order chi connectivity index (χ0) is 15.4. The summed E-state index contributed by atoms with van der Waals surface area (Å²) >= 11 is 6.16. The minimum Gasteiger partial charge on any atom is -0.338 e. The maximum atomic E-state index is 12.7. The molecule has 2 aromatic rings. The Kier molecular flexibility index (Phi) is 4.79. The fourth-order valence-electron chi connectivity index (χ4n) is 3.17. The van der Waals surface area contributed by atoms with Gasteiger partial charge in [0.1, 0.15) is 0 Å². The maximum Gasteiger partial charge on any atom is 0.255 e. The summed E-state index contributed by atoms with van der Waals surface area (Å²) in [5.74, 6) is 0.589. The summed E-state index contributed by atoms with van der Waals surface area (Å²) < 4.78 is 0. The summed E-state index contributed by atoms with van der Waals surface area (Å²) in [4.78, 5) is 14.6. The molecule has 0 spiro atoms. The molecule has 1 unspecified atom stereocenters. The van der Waals surface area contributed by atoms with Crippen LogP contribution in [0.25, 0.3) is 0 Å². The van der Waals surface area contributed by atoms with Crippen molar-refractivity contribution in [3.8, 4) is 0 Å². The van der Waals surface area contributed by atoms with Crippen LogP contribution in [-0.2, 0) is 6.42 Å². The summed E-state index contributed by atoms with van der Waals surface area (Å²) in [6.45, 7) is 1.65. The Morgan fingerprint density at radius 1 is 1.09 bits per heavy atom. The molecule has 1 aliphatic heterocycles. The minimum absolute atomic E-state index is 0.0587. The van der Waals surface area contributed by atoms with Crippen LogP contribution in [0, 0.1) is 5.92 Å². The highest BCUT2D eigenvalue weighted by Gasteiger charge is 2.25. The molecule has 114 valence electrons. The molecule has 0 aromatic heterocycles. The first-order valence-corrected chi connectivity index (χ1v) is 8.19. The number of hydrogen-bond acceptors (Lipinski definition) is 1. The van der Waals surface area contributed by atoms with E-state index in [9.17, 15) is 4.79 Å². The molecule has 3 heteroatoms. The van der Waals surface area contributed by atoms with Crippen molar-refractivity contribution < 1.29 is 4.79 Å². The Morgan fingerprint density at radius 3 is 2.59 bits per heavy atom. The Morgan fingerprint density at radius 2 is 1.82 bits per heavy atom. The second kappa shape index (κ2) is 6.97. The third-order valence-electron chi connectivity index (χ3n) is 4.28. The van der Waals surface area contributed by atoms with E-state index in [4.69, 9.17) is 11.6 Å². The van der Waals surface area contributed by atoms with Crippen LogP contribution in [0.5, 0.6) is 0 Å². The molecule has 1 fully saturated rings. The second-order valence-electron chi connectivity index (χ2n) is 5.93. The van der Waals surface area contributed by atoms with Crippen molar-refractivity contribution in [2.75, 3.05) is 13.1 Å². The first-order valence-electron chi connectivity index (χ1n) is 7.82. The van der Waals surface area contributed by atoms with Crippen LogP contribution in [0.3, 0.4) is 0 Å². The van der Waals surface area contributed by atoms with Gasteiger partial charge >= 0.3 is 0 Å². The SMILES string of the molecule is O=C(c1ccccc1Cl)N1CCCC(Cc2ccccc2)C1. The number of rotatable bonds is 3. The van der Waals surface area contributed by atoms with Gasteiger partial charge in [-0.05, 0) is 42.9 Å². The Hall–Kier alpha value is -1.80. The second-order valence-corrected chi connectivity index (χ2v) is 6.34. The molecular formula is C19H20ClNO. The predicted octanol–water partition coefficient (Wildman–Crippen LogP) is 4.43. The van der Waals surface area contributed by atoms with E-state index in [1.807, 2.05) is 29.2 Å². The topological polar surface area (TPSA) is 20.3 Å². The number of benzene rings is 2. The molecule has 1 heterocycles. The van der Waals surface area contributed by atoms with E-state index >= 15 is 0 Å². The third-order valence-corrected chi connectivity index (χ3v) is 4.61. The van der Waals surface area contributed by atoms with Gasteiger partial charge in [0.2, 0.25) is 0 Å². The largest absolute Gasteiger partial charge is 0.338 e. The molecule has 0 saturated carbocycles. The first kappa shape index (κ1) is 15.1. The molecule has 3 rings (SSSR count). The van der Waals surface area contributed by atoms with Gasteiger partial charge < -0.3 is 4.90 Å². The van der Waals surface area contributed by atoms with Crippen LogP contribution in [0.4, 0.5) is 0 Å². The number of nitrogens with zero attached hydrogens (tertiary/aromatic N) is 1. The first-order chi connectivity index (χ1) is 10.7. The van der Waals surface area contributed by atoms with Crippen molar-refractivity contribution in [3.63, 3.8) is 0 Å². The van der Waals surface area contributed by atoms with Crippen LogP contribution < -0.4 is 0 Å². The highest BCUT2D eigenvalue weighted by molar-refractivity contribution is 6.33. The van der Waals surface area contributed by atoms with Crippen molar-refractivity contribution in [2.45, 2.75) is 19.3 Å². The van der Waals surface area contributed by atoms with Crippen molar-refractivity contribution in [1.82, 2.24) is 4.90 Å². The zero-order valence-electron chi connectivity index (χ0n) is 12.5. The van der Waals surface area contributed by atoms with Crippen molar-refractivity contribution in [3.05, 3.63) is 70.7 Å². The molecule has 1 atom stereocenters. The Labute approximate surface area is 136 Å². The fraction of sp³-hybridized carbons (Fsp3) is 0.316. The molecule has 0 radical (unpaired) electrons. The number of halogens is 1. The average molecular weight is 314 g/mol. The van der Waals surface area contributed by atoms with Gasteiger partial charge in [-0.15, -0.1) is 0 Å². The maximum absolute atomic E-state index is 12.7. The van der Waals surface area contributed by atoms with Gasteiger partial charge in [-0.2, -0.15) is 0 Å².